The van der Waals surface area contributed by atoms with Gasteiger partial charge in [-0.05, 0) is 36.8 Å². The molecule has 6 heteroatoms. The van der Waals surface area contributed by atoms with E-state index >= 15 is 0 Å². The van der Waals surface area contributed by atoms with E-state index in [4.69, 9.17) is 11.6 Å². The Hall–Kier alpha value is -2.21. The predicted molar refractivity (Wildman–Crippen MR) is 95.0 cm³/mol. The fourth-order valence-corrected chi connectivity index (χ4v) is 3.48. The second-order valence-corrected chi connectivity index (χ2v) is 6.51. The van der Waals surface area contributed by atoms with Gasteiger partial charge in [0.05, 0.1) is 17.2 Å². The maximum absolute atomic E-state index is 12.9. The van der Waals surface area contributed by atoms with Gasteiger partial charge in [-0.2, -0.15) is 0 Å². The molecule has 122 valence electrons. The molecular weight excluding hydrogens is 324 g/mol. The minimum absolute atomic E-state index is 0.0482. The number of fused-ring (bicyclic) bond motifs is 1. The highest BCUT2D eigenvalue weighted by Crippen LogP contribution is 2.33. The van der Waals surface area contributed by atoms with E-state index in [1.54, 1.807) is 10.9 Å². The molecular formula is C18H17ClN4O. The van der Waals surface area contributed by atoms with Crippen molar-refractivity contribution in [2.75, 3.05) is 0 Å². The van der Waals surface area contributed by atoms with Gasteiger partial charge in [0.15, 0.2) is 0 Å². The maximum Gasteiger partial charge on any atom is 0.262 e. The molecule has 3 aromatic rings. The standard InChI is InChI=1S/C18H17ClN4O/c1-11-16(12-6-8-13(19)9-7-12)17(22-21-11)23-10-20-15-5-3-2-4-14(15)18(23)24/h2-11,16-17,21-22H,1H3. The molecule has 2 N–H and O–H groups in total. The molecule has 0 spiro atoms. The van der Waals surface area contributed by atoms with Crippen molar-refractivity contribution in [3.8, 4) is 0 Å². The molecule has 3 unspecified atom stereocenters. The minimum atomic E-state index is -0.217. The molecule has 0 bridgehead atoms. The van der Waals surface area contributed by atoms with Crippen LogP contribution in [0.25, 0.3) is 10.9 Å². The summed E-state index contributed by atoms with van der Waals surface area (Å²) in [5, 5.41) is 1.32. The highest BCUT2D eigenvalue weighted by atomic mass is 35.5. The van der Waals surface area contributed by atoms with Crippen LogP contribution in [0.5, 0.6) is 0 Å². The van der Waals surface area contributed by atoms with Gasteiger partial charge >= 0.3 is 0 Å². The highest BCUT2D eigenvalue weighted by Gasteiger charge is 2.36. The van der Waals surface area contributed by atoms with E-state index in [1.165, 1.54) is 0 Å². The third-order valence-electron chi connectivity index (χ3n) is 4.58. The fraction of sp³-hybridized carbons (Fsp3) is 0.222. The minimum Gasteiger partial charge on any atom is -0.280 e. The van der Waals surface area contributed by atoms with Gasteiger partial charge in [0.25, 0.3) is 5.56 Å². The molecule has 0 aliphatic carbocycles. The molecule has 24 heavy (non-hydrogen) atoms. The zero-order valence-corrected chi connectivity index (χ0v) is 13.9. The molecule has 1 aliphatic rings. The van der Waals surface area contributed by atoms with Crippen molar-refractivity contribution in [3.63, 3.8) is 0 Å². The monoisotopic (exact) mass is 340 g/mol. The van der Waals surface area contributed by atoms with E-state index in [1.807, 2.05) is 48.5 Å². The third kappa shape index (κ3) is 2.51. The molecule has 3 atom stereocenters. The van der Waals surface area contributed by atoms with Crippen LogP contribution >= 0.6 is 11.6 Å². The van der Waals surface area contributed by atoms with E-state index < -0.39 is 0 Å². The van der Waals surface area contributed by atoms with Gasteiger partial charge in [0, 0.05) is 17.0 Å². The van der Waals surface area contributed by atoms with Crippen molar-refractivity contribution < 1.29 is 0 Å². The molecule has 4 rings (SSSR count). The van der Waals surface area contributed by atoms with Crippen molar-refractivity contribution in [3.05, 3.63) is 75.8 Å². The van der Waals surface area contributed by atoms with Crippen LogP contribution in [-0.4, -0.2) is 15.6 Å². The summed E-state index contributed by atoms with van der Waals surface area (Å²) in [6.07, 6.45) is 1.40. The van der Waals surface area contributed by atoms with E-state index in [0.29, 0.717) is 15.9 Å². The Bertz CT molecular complexity index is 938. The zero-order valence-electron chi connectivity index (χ0n) is 13.1. The molecule has 1 fully saturated rings. The number of rotatable bonds is 2. The molecule has 5 nitrogen and oxygen atoms in total. The van der Waals surface area contributed by atoms with E-state index in [0.717, 1.165) is 5.56 Å². The normalized spacial score (nSPS) is 23.7. The second kappa shape index (κ2) is 6.02. The van der Waals surface area contributed by atoms with Crippen molar-refractivity contribution in [2.45, 2.75) is 25.0 Å². The first-order valence-electron chi connectivity index (χ1n) is 7.87. The summed E-state index contributed by atoms with van der Waals surface area (Å²) < 4.78 is 1.66. The number of hydrogen-bond donors (Lipinski definition) is 2. The number of hydrogen-bond acceptors (Lipinski definition) is 4. The van der Waals surface area contributed by atoms with Crippen molar-refractivity contribution in [2.24, 2.45) is 0 Å². The Morgan fingerprint density at radius 1 is 1.08 bits per heavy atom. The molecule has 1 aromatic heterocycles. The number of hydrazine groups is 1. The number of benzene rings is 2. The summed E-state index contributed by atoms with van der Waals surface area (Å²) in [7, 11) is 0. The molecule has 1 aliphatic heterocycles. The van der Waals surface area contributed by atoms with Crippen LogP contribution in [0, 0.1) is 0 Å². The number of nitrogens with one attached hydrogen (secondary N) is 2. The number of aromatic nitrogens is 2. The number of nitrogens with zero attached hydrogens (tertiary/aromatic N) is 2. The molecule has 2 aromatic carbocycles. The quantitative estimate of drug-likeness (QED) is 0.753. The Morgan fingerprint density at radius 2 is 1.83 bits per heavy atom. The van der Waals surface area contributed by atoms with E-state index in [2.05, 4.69) is 22.8 Å². The van der Waals surface area contributed by atoms with Gasteiger partial charge in [-0.3, -0.25) is 14.8 Å². The molecule has 2 heterocycles. The van der Waals surface area contributed by atoms with Crippen LogP contribution in [0.2, 0.25) is 5.02 Å². The van der Waals surface area contributed by atoms with Crippen LogP contribution in [-0.2, 0) is 0 Å². The van der Waals surface area contributed by atoms with Crippen molar-refractivity contribution in [1.82, 2.24) is 20.4 Å². The summed E-state index contributed by atoms with van der Waals surface area (Å²) in [6.45, 7) is 2.09. The predicted octanol–water partition coefficient (Wildman–Crippen LogP) is 2.83. The lowest BCUT2D eigenvalue weighted by Gasteiger charge is -2.23. The van der Waals surface area contributed by atoms with Crippen molar-refractivity contribution in [1.29, 1.82) is 0 Å². The lowest BCUT2D eigenvalue weighted by molar-refractivity contribution is 0.396. The van der Waals surface area contributed by atoms with Gasteiger partial charge < -0.3 is 0 Å². The van der Waals surface area contributed by atoms with Crippen LogP contribution in [0.3, 0.4) is 0 Å². The molecule has 1 saturated heterocycles. The van der Waals surface area contributed by atoms with E-state index in [-0.39, 0.29) is 23.7 Å². The molecule has 0 saturated carbocycles. The van der Waals surface area contributed by atoms with E-state index in [9.17, 15) is 4.79 Å². The van der Waals surface area contributed by atoms with Crippen molar-refractivity contribution >= 4 is 22.5 Å². The first-order valence-corrected chi connectivity index (χ1v) is 8.25. The lowest BCUT2D eigenvalue weighted by atomic mass is 9.91. The highest BCUT2D eigenvalue weighted by molar-refractivity contribution is 6.30. The van der Waals surface area contributed by atoms with Gasteiger partial charge in [-0.15, -0.1) is 0 Å². The fourth-order valence-electron chi connectivity index (χ4n) is 3.35. The Balaban J connectivity index is 1.81. The number of para-hydroxylation sites is 1. The van der Waals surface area contributed by atoms with Crippen LogP contribution in [0.1, 0.15) is 24.6 Å². The zero-order chi connectivity index (χ0) is 16.7. The first kappa shape index (κ1) is 15.3. The van der Waals surface area contributed by atoms with Crippen LogP contribution in [0.4, 0.5) is 0 Å². The Kier molecular flexibility index (Phi) is 3.84. The topological polar surface area (TPSA) is 58.9 Å². The average Bonchev–Trinajstić information content (AvgIpc) is 2.98. The lowest BCUT2D eigenvalue weighted by Crippen LogP contribution is -2.35. The molecule has 0 radical (unpaired) electrons. The van der Waals surface area contributed by atoms with Gasteiger partial charge in [-0.1, -0.05) is 35.9 Å². The first-order chi connectivity index (χ1) is 11.6. The largest absolute Gasteiger partial charge is 0.280 e. The summed E-state index contributed by atoms with van der Waals surface area (Å²) >= 11 is 6.00. The summed E-state index contributed by atoms with van der Waals surface area (Å²) in [4.78, 5) is 17.3. The third-order valence-corrected chi connectivity index (χ3v) is 4.83. The van der Waals surface area contributed by atoms with Gasteiger partial charge in [-0.25, -0.2) is 10.4 Å². The van der Waals surface area contributed by atoms with Gasteiger partial charge in [0.2, 0.25) is 0 Å². The summed E-state index contributed by atoms with van der Waals surface area (Å²) in [6, 6.07) is 15.3. The number of halogens is 1. The molecule has 0 amide bonds. The summed E-state index contributed by atoms with van der Waals surface area (Å²) in [5.74, 6) is 0.0860. The smallest absolute Gasteiger partial charge is 0.262 e. The maximum atomic E-state index is 12.9. The van der Waals surface area contributed by atoms with Gasteiger partial charge in [0.1, 0.15) is 6.17 Å². The van der Waals surface area contributed by atoms with Crippen LogP contribution < -0.4 is 16.4 Å². The Morgan fingerprint density at radius 3 is 2.62 bits per heavy atom. The summed E-state index contributed by atoms with van der Waals surface area (Å²) in [5.41, 5.74) is 8.25. The second-order valence-electron chi connectivity index (χ2n) is 6.07. The Labute approximate surface area is 144 Å². The van der Waals surface area contributed by atoms with Crippen LogP contribution in [0.15, 0.2) is 59.7 Å². The SMILES string of the molecule is CC1NNC(n2cnc3ccccc3c2=O)C1c1ccc(Cl)cc1. The average molecular weight is 341 g/mol.